The zero-order chi connectivity index (χ0) is 30.8. The van der Waals surface area contributed by atoms with E-state index in [1.807, 2.05) is 17.0 Å². The lowest BCUT2D eigenvalue weighted by Crippen LogP contribution is -2.44. The van der Waals surface area contributed by atoms with Gasteiger partial charge >= 0.3 is 6.18 Å². The van der Waals surface area contributed by atoms with E-state index in [2.05, 4.69) is 25.7 Å². The molecule has 42 heavy (non-hydrogen) atoms. The Balaban J connectivity index is 1.52. The summed E-state index contributed by atoms with van der Waals surface area (Å²) in [4.78, 5) is 33.0. The SMILES string of the molecule is COc1ccc(C(=O)N(C)[C@H]2CN(C(=O)C3CCN(CCC(C)(C)C)CC3)C[C@@H]2c2ccc(Cl)cc2)cc1C(F)(F)F. The van der Waals surface area contributed by atoms with Gasteiger partial charge in [0.15, 0.2) is 0 Å². The fraction of sp³-hybridized carbons (Fsp3) is 0.562. The van der Waals surface area contributed by atoms with Crippen LogP contribution in [0.15, 0.2) is 42.5 Å². The molecule has 0 spiro atoms. The number of alkyl halides is 3. The lowest BCUT2D eigenvalue weighted by atomic mass is 9.90. The molecule has 2 atom stereocenters. The molecule has 0 unspecified atom stereocenters. The Kier molecular flexibility index (Phi) is 9.82. The number of carbonyl (C=O) groups is 2. The molecule has 0 N–H and O–H groups in total. The van der Waals surface area contributed by atoms with Gasteiger partial charge in [-0.1, -0.05) is 44.5 Å². The van der Waals surface area contributed by atoms with E-state index >= 15 is 0 Å². The fourth-order valence-corrected chi connectivity index (χ4v) is 6.09. The van der Waals surface area contributed by atoms with E-state index in [1.54, 1.807) is 19.2 Å². The van der Waals surface area contributed by atoms with Crippen molar-refractivity contribution in [2.24, 2.45) is 11.3 Å². The van der Waals surface area contributed by atoms with Crippen LogP contribution in [0.4, 0.5) is 13.2 Å². The predicted molar refractivity (Wildman–Crippen MR) is 158 cm³/mol. The molecule has 10 heteroatoms. The smallest absolute Gasteiger partial charge is 0.419 e. The van der Waals surface area contributed by atoms with E-state index in [0.717, 1.165) is 57.6 Å². The van der Waals surface area contributed by atoms with Crippen LogP contribution in [0.1, 0.15) is 67.4 Å². The van der Waals surface area contributed by atoms with Gasteiger partial charge in [0.25, 0.3) is 5.91 Å². The van der Waals surface area contributed by atoms with Gasteiger partial charge in [-0.15, -0.1) is 0 Å². The van der Waals surface area contributed by atoms with E-state index in [1.165, 1.54) is 17.0 Å². The second-order valence-electron chi connectivity index (χ2n) is 12.7. The molecule has 2 aromatic rings. The summed E-state index contributed by atoms with van der Waals surface area (Å²) in [5, 5.41) is 0.571. The summed E-state index contributed by atoms with van der Waals surface area (Å²) in [7, 11) is 2.75. The van der Waals surface area contributed by atoms with Crippen LogP contribution in [-0.2, 0) is 11.0 Å². The normalized spacial score (nSPS) is 20.5. The standard InChI is InChI=1S/C32H41ClF3N3O3/c1-31(2,3)14-17-38-15-12-22(13-16-38)30(41)39-19-25(21-6-9-24(33)10-7-21)27(20-39)37(4)29(40)23-8-11-28(42-5)26(18-23)32(34,35)36/h6-11,18,22,25,27H,12-17,19-20H2,1-5H3/t25-,27+/m1/s1. The lowest BCUT2D eigenvalue weighted by molar-refractivity contribution is -0.139. The molecular weight excluding hydrogens is 567 g/mol. The van der Waals surface area contributed by atoms with E-state index in [4.69, 9.17) is 16.3 Å². The van der Waals surface area contributed by atoms with Gasteiger partial charge in [0.05, 0.1) is 18.7 Å². The van der Waals surface area contributed by atoms with Gasteiger partial charge in [-0.25, -0.2) is 0 Å². The number of nitrogens with zero attached hydrogens (tertiary/aromatic N) is 3. The van der Waals surface area contributed by atoms with Crippen LogP contribution in [0.25, 0.3) is 0 Å². The Morgan fingerprint density at radius 2 is 1.67 bits per heavy atom. The molecule has 0 aliphatic carbocycles. The van der Waals surface area contributed by atoms with Crippen LogP contribution in [0, 0.1) is 11.3 Å². The van der Waals surface area contributed by atoms with Crippen molar-refractivity contribution in [2.45, 2.75) is 58.2 Å². The van der Waals surface area contributed by atoms with Crippen molar-refractivity contribution in [1.82, 2.24) is 14.7 Å². The predicted octanol–water partition coefficient (Wildman–Crippen LogP) is 6.58. The highest BCUT2D eigenvalue weighted by atomic mass is 35.5. The van der Waals surface area contributed by atoms with E-state index < -0.39 is 23.7 Å². The second kappa shape index (κ2) is 12.8. The molecule has 6 nitrogen and oxygen atoms in total. The molecule has 0 aromatic heterocycles. The average molecular weight is 608 g/mol. The molecule has 230 valence electrons. The zero-order valence-electron chi connectivity index (χ0n) is 25.0. The first-order valence-electron chi connectivity index (χ1n) is 14.5. The number of rotatable bonds is 7. The van der Waals surface area contributed by atoms with Crippen molar-refractivity contribution in [2.75, 3.05) is 46.9 Å². The second-order valence-corrected chi connectivity index (χ2v) is 13.2. The van der Waals surface area contributed by atoms with Gasteiger partial charge in [0.1, 0.15) is 5.75 Å². The van der Waals surface area contributed by atoms with E-state index in [0.29, 0.717) is 18.1 Å². The molecule has 2 aliphatic rings. The molecule has 0 bridgehead atoms. The summed E-state index contributed by atoms with van der Waals surface area (Å²) < 4.78 is 45.9. The van der Waals surface area contributed by atoms with Gasteiger partial charge < -0.3 is 19.4 Å². The highest BCUT2D eigenvalue weighted by Gasteiger charge is 2.43. The van der Waals surface area contributed by atoms with Gasteiger partial charge in [0, 0.05) is 42.6 Å². The minimum atomic E-state index is -4.68. The van der Waals surface area contributed by atoms with Gasteiger partial charge in [-0.2, -0.15) is 13.2 Å². The Bertz CT molecular complexity index is 1250. The van der Waals surface area contributed by atoms with Crippen molar-refractivity contribution < 1.29 is 27.5 Å². The summed E-state index contributed by atoms with van der Waals surface area (Å²) in [6, 6.07) is 10.2. The zero-order valence-corrected chi connectivity index (χ0v) is 25.8. The maximum Gasteiger partial charge on any atom is 0.419 e. The number of hydrogen-bond acceptors (Lipinski definition) is 4. The molecule has 2 aromatic carbocycles. The Hall–Kier alpha value is -2.78. The summed E-state index contributed by atoms with van der Waals surface area (Å²) >= 11 is 6.13. The van der Waals surface area contributed by atoms with Crippen molar-refractivity contribution in [3.8, 4) is 5.75 Å². The first-order valence-corrected chi connectivity index (χ1v) is 14.8. The number of likely N-dealkylation sites (tertiary alicyclic amines) is 2. The van der Waals surface area contributed by atoms with E-state index in [-0.39, 0.29) is 34.5 Å². The topological polar surface area (TPSA) is 53.1 Å². The van der Waals surface area contributed by atoms with Crippen LogP contribution >= 0.6 is 11.6 Å². The molecule has 2 saturated heterocycles. The molecule has 0 radical (unpaired) electrons. The van der Waals surface area contributed by atoms with E-state index in [9.17, 15) is 22.8 Å². The van der Waals surface area contributed by atoms with Crippen molar-refractivity contribution in [3.05, 3.63) is 64.2 Å². The van der Waals surface area contributed by atoms with Crippen LogP contribution in [-0.4, -0.2) is 79.4 Å². The molecule has 2 heterocycles. The van der Waals surface area contributed by atoms with Gasteiger partial charge in [-0.3, -0.25) is 9.59 Å². The number of piperidine rings is 1. The Morgan fingerprint density at radius 3 is 2.24 bits per heavy atom. The minimum absolute atomic E-state index is 0.0802. The fourth-order valence-electron chi connectivity index (χ4n) is 5.97. The molecule has 2 fully saturated rings. The molecule has 2 amide bonds. The number of carbonyl (C=O) groups excluding carboxylic acids is 2. The van der Waals surface area contributed by atoms with Crippen LogP contribution < -0.4 is 4.74 Å². The maximum absolute atomic E-state index is 13.7. The number of halogens is 4. The van der Waals surface area contributed by atoms with Crippen molar-refractivity contribution >= 4 is 23.4 Å². The number of methoxy groups -OCH3 is 1. The summed E-state index contributed by atoms with van der Waals surface area (Å²) in [6.45, 7) is 10.2. The molecule has 2 aliphatic heterocycles. The maximum atomic E-state index is 13.7. The number of likely N-dealkylation sites (N-methyl/N-ethyl adjacent to an activating group) is 1. The van der Waals surface area contributed by atoms with Gasteiger partial charge in [0.2, 0.25) is 5.91 Å². The summed E-state index contributed by atoms with van der Waals surface area (Å²) in [6.07, 6.45) is -2.00. The van der Waals surface area contributed by atoms with Crippen LogP contribution in [0.5, 0.6) is 5.75 Å². The number of ether oxygens (including phenoxy) is 1. The highest BCUT2D eigenvalue weighted by Crippen LogP contribution is 2.38. The van der Waals surface area contributed by atoms with Crippen molar-refractivity contribution in [3.63, 3.8) is 0 Å². The first kappa shape index (κ1) is 32.1. The number of amides is 2. The first-order chi connectivity index (χ1) is 19.7. The van der Waals surface area contributed by atoms with Gasteiger partial charge in [-0.05, 0) is 80.2 Å². The summed E-state index contributed by atoms with van der Waals surface area (Å²) in [5.74, 6) is -1.11. The highest BCUT2D eigenvalue weighted by molar-refractivity contribution is 6.30. The average Bonchev–Trinajstić information content (AvgIpc) is 3.40. The molecular formula is C32H41ClF3N3O3. The third-order valence-electron chi connectivity index (χ3n) is 8.58. The third kappa shape index (κ3) is 7.59. The minimum Gasteiger partial charge on any atom is -0.496 e. The monoisotopic (exact) mass is 607 g/mol. The number of hydrogen-bond donors (Lipinski definition) is 0. The third-order valence-corrected chi connectivity index (χ3v) is 8.84. The molecule has 4 rings (SSSR count). The van der Waals surface area contributed by atoms with Crippen molar-refractivity contribution in [1.29, 1.82) is 0 Å². The summed E-state index contributed by atoms with van der Waals surface area (Å²) in [5.41, 5.74) is 0.0860. The van der Waals surface area contributed by atoms with Crippen LogP contribution in [0.2, 0.25) is 5.02 Å². The quantitative estimate of drug-likeness (QED) is 0.357. The molecule has 0 saturated carbocycles. The lowest BCUT2D eigenvalue weighted by Gasteiger charge is -2.34. The Labute approximate surface area is 251 Å². The largest absolute Gasteiger partial charge is 0.496 e. The Morgan fingerprint density at radius 1 is 1.02 bits per heavy atom. The van der Waals surface area contributed by atoms with Crippen LogP contribution in [0.3, 0.4) is 0 Å². The number of benzene rings is 2.